The summed E-state index contributed by atoms with van der Waals surface area (Å²) in [6, 6.07) is 0. The maximum Gasteiger partial charge on any atom is 0.225 e. The first-order valence-electron chi connectivity index (χ1n) is 7.77. The molecule has 1 atom stereocenters. The number of carbonyl (C=O) groups excluding carboxylic acids is 1. The number of nitrogens with zero attached hydrogens (tertiary/aromatic N) is 3. The molecule has 124 valence electrons. The van der Waals surface area contributed by atoms with E-state index in [0.717, 1.165) is 43.3 Å². The molecule has 1 unspecified atom stereocenters. The molecule has 2 heterocycles. The monoisotopic (exact) mass is 326 g/mol. The predicted octanol–water partition coefficient (Wildman–Crippen LogP) is 1.86. The van der Waals surface area contributed by atoms with Crippen LogP contribution in [0.25, 0.3) is 0 Å². The van der Waals surface area contributed by atoms with Crippen LogP contribution in [0.4, 0.5) is 5.13 Å². The van der Waals surface area contributed by atoms with E-state index >= 15 is 0 Å². The second-order valence-corrected chi connectivity index (χ2v) is 7.49. The van der Waals surface area contributed by atoms with Gasteiger partial charge in [-0.2, -0.15) is 4.37 Å². The van der Waals surface area contributed by atoms with Crippen molar-refractivity contribution in [2.24, 2.45) is 5.92 Å². The Morgan fingerprint density at radius 2 is 2.27 bits per heavy atom. The summed E-state index contributed by atoms with van der Waals surface area (Å²) < 4.78 is 9.42. The average molecular weight is 326 g/mol. The summed E-state index contributed by atoms with van der Waals surface area (Å²) in [6.45, 7) is 8.33. The SMILES string of the molecule is COCCc1nsc(N2CCCC(C(=O)NC(C)(C)C)C2)n1. The zero-order valence-corrected chi connectivity index (χ0v) is 14.7. The van der Waals surface area contributed by atoms with Gasteiger partial charge in [0, 0.05) is 43.7 Å². The number of ether oxygens (including phenoxy) is 1. The lowest BCUT2D eigenvalue weighted by molar-refractivity contribution is -0.126. The van der Waals surface area contributed by atoms with E-state index in [2.05, 4.69) is 19.6 Å². The zero-order chi connectivity index (χ0) is 16.2. The van der Waals surface area contributed by atoms with Crippen LogP contribution in [-0.2, 0) is 16.0 Å². The Kier molecular flexibility index (Phi) is 5.74. The van der Waals surface area contributed by atoms with E-state index in [1.54, 1.807) is 7.11 Å². The summed E-state index contributed by atoms with van der Waals surface area (Å²) >= 11 is 1.41. The van der Waals surface area contributed by atoms with Crippen molar-refractivity contribution in [3.63, 3.8) is 0 Å². The Morgan fingerprint density at radius 3 is 2.95 bits per heavy atom. The first-order valence-corrected chi connectivity index (χ1v) is 8.55. The van der Waals surface area contributed by atoms with E-state index in [-0.39, 0.29) is 17.4 Å². The molecule has 0 bridgehead atoms. The molecule has 6 nitrogen and oxygen atoms in total. The number of rotatable bonds is 5. The second kappa shape index (κ2) is 7.37. The molecule has 1 N–H and O–H groups in total. The van der Waals surface area contributed by atoms with Gasteiger partial charge in [-0.3, -0.25) is 4.79 Å². The molecule has 7 heteroatoms. The minimum absolute atomic E-state index is 0.0271. The van der Waals surface area contributed by atoms with Crippen molar-refractivity contribution < 1.29 is 9.53 Å². The van der Waals surface area contributed by atoms with Crippen LogP contribution in [0.1, 0.15) is 39.4 Å². The largest absolute Gasteiger partial charge is 0.384 e. The highest BCUT2D eigenvalue weighted by atomic mass is 32.1. The minimum atomic E-state index is -0.185. The molecular weight excluding hydrogens is 300 g/mol. The Labute approximate surface area is 136 Å². The maximum atomic E-state index is 12.4. The molecule has 1 aliphatic heterocycles. The van der Waals surface area contributed by atoms with E-state index in [9.17, 15) is 4.79 Å². The van der Waals surface area contributed by atoms with Crippen molar-refractivity contribution in [2.75, 3.05) is 31.7 Å². The van der Waals surface area contributed by atoms with Gasteiger partial charge < -0.3 is 15.0 Å². The fourth-order valence-electron chi connectivity index (χ4n) is 2.50. The topological polar surface area (TPSA) is 67.3 Å². The van der Waals surface area contributed by atoms with Gasteiger partial charge in [-0.25, -0.2) is 4.98 Å². The minimum Gasteiger partial charge on any atom is -0.384 e. The molecule has 1 aromatic rings. The van der Waals surface area contributed by atoms with Gasteiger partial charge in [0.15, 0.2) is 0 Å². The standard InChI is InChI=1S/C15H26N4O2S/c1-15(2,3)17-13(20)11-6-5-8-19(10-11)14-16-12(18-22-14)7-9-21-4/h11H,5-10H2,1-4H3,(H,17,20). The summed E-state index contributed by atoms with van der Waals surface area (Å²) in [5, 5.41) is 4.00. The summed E-state index contributed by atoms with van der Waals surface area (Å²) in [4.78, 5) is 19.1. The van der Waals surface area contributed by atoms with Crippen LogP contribution in [0, 0.1) is 5.92 Å². The molecule has 22 heavy (non-hydrogen) atoms. The van der Waals surface area contributed by atoms with Crippen LogP contribution in [-0.4, -0.2) is 47.6 Å². The van der Waals surface area contributed by atoms with Gasteiger partial charge in [0.25, 0.3) is 0 Å². The lowest BCUT2D eigenvalue weighted by Crippen LogP contribution is -2.48. The number of methoxy groups -OCH3 is 1. The molecule has 0 saturated carbocycles. The number of aromatic nitrogens is 2. The van der Waals surface area contributed by atoms with Crippen molar-refractivity contribution in [3.8, 4) is 0 Å². The second-order valence-electron chi connectivity index (χ2n) is 6.76. The third kappa shape index (κ3) is 4.91. The number of anilines is 1. The summed E-state index contributed by atoms with van der Waals surface area (Å²) in [5.41, 5.74) is -0.185. The Hall–Kier alpha value is -1.21. The molecule has 1 aromatic heterocycles. The van der Waals surface area contributed by atoms with Crippen LogP contribution in [0.5, 0.6) is 0 Å². The molecule has 1 fully saturated rings. The smallest absolute Gasteiger partial charge is 0.225 e. The van der Waals surface area contributed by atoms with Gasteiger partial charge in [0.1, 0.15) is 5.82 Å². The predicted molar refractivity (Wildman–Crippen MR) is 88.3 cm³/mol. The Morgan fingerprint density at radius 1 is 1.50 bits per heavy atom. The van der Waals surface area contributed by atoms with Crippen LogP contribution in [0.15, 0.2) is 0 Å². The number of hydrogen-bond donors (Lipinski definition) is 1. The zero-order valence-electron chi connectivity index (χ0n) is 13.9. The molecule has 2 rings (SSSR count). The molecule has 0 aliphatic carbocycles. The summed E-state index contributed by atoms with van der Waals surface area (Å²) in [7, 11) is 1.68. The molecule has 0 radical (unpaired) electrons. The van der Waals surface area contributed by atoms with Crippen molar-refractivity contribution in [1.82, 2.24) is 14.7 Å². The summed E-state index contributed by atoms with van der Waals surface area (Å²) in [6.07, 6.45) is 2.68. The number of amides is 1. The normalized spacial score (nSPS) is 19.3. The Balaban J connectivity index is 1.95. The number of hydrogen-bond acceptors (Lipinski definition) is 6. The van der Waals surface area contributed by atoms with Gasteiger partial charge in [-0.15, -0.1) is 0 Å². The van der Waals surface area contributed by atoms with Crippen LogP contribution < -0.4 is 10.2 Å². The van der Waals surface area contributed by atoms with Gasteiger partial charge in [-0.1, -0.05) is 0 Å². The quantitative estimate of drug-likeness (QED) is 0.894. The third-order valence-corrected chi connectivity index (χ3v) is 4.36. The molecular formula is C15H26N4O2S. The van der Waals surface area contributed by atoms with Crippen molar-refractivity contribution in [1.29, 1.82) is 0 Å². The number of nitrogens with one attached hydrogen (secondary N) is 1. The van der Waals surface area contributed by atoms with Gasteiger partial charge >= 0.3 is 0 Å². The first kappa shape index (κ1) is 17.1. The molecule has 1 saturated heterocycles. The van der Waals surface area contributed by atoms with E-state index in [0.29, 0.717) is 6.61 Å². The summed E-state index contributed by atoms with van der Waals surface area (Å²) in [5.74, 6) is 0.990. The highest BCUT2D eigenvalue weighted by Gasteiger charge is 2.29. The van der Waals surface area contributed by atoms with Crippen molar-refractivity contribution >= 4 is 22.6 Å². The van der Waals surface area contributed by atoms with E-state index in [1.807, 2.05) is 20.8 Å². The van der Waals surface area contributed by atoms with Crippen molar-refractivity contribution in [2.45, 2.75) is 45.6 Å². The molecule has 1 aliphatic rings. The fraction of sp³-hybridized carbons (Fsp3) is 0.800. The average Bonchev–Trinajstić information content (AvgIpc) is 2.92. The molecule has 0 spiro atoms. The van der Waals surface area contributed by atoms with Crippen molar-refractivity contribution in [3.05, 3.63) is 5.82 Å². The third-order valence-electron chi connectivity index (χ3n) is 3.55. The van der Waals surface area contributed by atoms with Gasteiger partial charge in [-0.05, 0) is 33.6 Å². The van der Waals surface area contributed by atoms with Crippen LogP contribution in [0.3, 0.4) is 0 Å². The Bertz CT molecular complexity index is 498. The van der Waals surface area contributed by atoms with Gasteiger partial charge in [0.2, 0.25) is 11.0 Å². The van der Waals surface area contributed by atoms with E-state index in [1.165, 1.54) is 11.5 Å². The highest BCUT2D eigenvalue weighted by molar-refractivity contribution is 7.09. The maximum absolute atomic E-state index is 12.4. The number of piperidine rings is 1. The molecule has 1 amide bonds. The molecule has 0 aromatic carbocycles. The number of carbonyl (C=O) groups is 1. The highest BCUT2D eigenvalue weighted by Crippen LogP contribution is 2.25. The van der Waals surface area contributed by atoms with Gasteiger partial charge in [0.05, 0.1) is 12.5 Å². The van der Waals surface area contributed by atoms with Crippen LogP contribution >= 0.6 is 11.5 Å². The van der Waals surface area contributed by atoms with Crippen LogP contribution in [0.2, 0.25) is 0 Å². The first-order chi connectivity index (χ1) is 10.4. The lowest BCUT2D eigenvalue weighted by atomic mass is 9.96. The fourth-order valence-corrected chi connectivity index (χ4v) is 3.25. The van der Waals surface area contributed by atoms with E-state index < -0.39 is 0 Å². The van der Waals surface area contributed by atoms with E-state index in [4.69, 9.17) is 4.74 Å². The lowest BCUT2D eigenvalue weighted by Gasteiger charge is -2.33.